The first-order valence-corrected chi connectivity index (χ1v) is 11.1. The molecule has 2 bridgehead atoms. The molecule has 3 aromatic rings. The van der Waals surface area contributed by atoms with Crippen LogP contribution in [0.2, 0.25) is 5.02 Å². The van der Waals surface area contributed by atoms with E-state index in [1.54, 1.807) is 10.7 Å². The van der Waals surface area contributed by atoms with Crippen molar-refractivity contribution in [3.8, 4) is 11.8 Å². The molecule has 1 saturated carbocycles. The maximum atomic E-state index is 6.09. The fourth-order valence-electron chi connectivity index (χ4n) is 4.59. The van der Waals surface area contributed by atoms with Crippen molar-refractivity contribution in [1.29, 1.82) is 0 Å². The zero-order valence-corrected chi connectivity index (χ0v) is 18.6. The molecular weight excluding hydrogens is 418 g/mol. The number of hydrogen-bond donors (Lipinski definition) is 1. The Morgan fingerprint density at radius 1 is 1.19 bits per heavy atom. The summed E-state index contributed by atoms with van der Waals surface area (Å²) in [7, 11) is 0. The standard InChI is InChI=1S/C21H26ClN7O2/c1-12(2)29-20(31-17-6-4-5-16(22)9-17)24-19(27-29)23-18-14-7-8-15(18)11-28(10-14)21-26-25-13(3)30-21/h4-6,9,12,14-15,18H,7-8,10-11H2,1-3H3,(H,23,27). The molecule has 2 aromatic heterocycles. The number of rotatable bonds is 6. The molecule has 1 aromatic carbocycles. The lowest BCUT2D eigenvalue weighted by Crippen LogP contribution is -2.48. The lowest BCUT2D eigenvalue weighted by molar-refractivity contribution is 0.356. The predicted octanol–water partition coefficient (Wildman–Crippen LogP) is 4.32. The van der Waals surface area contributed by atoms with Gasteiger partial charge < -0.3 is 19.4 Å². The molecule has 0 radical (unpaired) electrons. The Morgan fingerprint density at radius 3 is 2.61 bits per heavy atom. The van der Waals surface area contributed by atoms with Gasteiger partial charge in [0.15, 0.2) is 0 Å². The minimum absolute atomic E-state index is 0.108. The van der Waals surface area contributed by atoms with Crippen molar-refractivity contribution in [3.05, 3.63) is 35.2 Å². The molecule has 2 unspecified atom stereocenters. The number of halogens is 1. The van der Waals surface area contributed by atoms with Gasteiger partial charge in [-0.2, -0.15) is 4.98 Å². The normalized spacial score (nSPS) is 22.9. The summed E-state index contributed by atoms with van der Waals surface area (Å²) in [4.78, 5) is 6.85. The largest absolute Gasteiger partial charge is 0.424 e. The third-order valence-electron chi connectivity index (χ3n) is 6.01. The van der Waals surface area contributed by atoms with E-state index < -0.39 is 0 Å². The zero-order chi connectivity index (χ0) is 21.5. The summed E-state index contributed by atoms with van der Waals surface area (Å²) in [6.07, 6.45) is 2.31. The summed E-state index contributed by atoms with van der Waals surface area (Å²) < 4.78 is 13.4. The number of piperidine rings is 1. The minimum atomic E-state index is 0.108. The number of nitrogens with zero attached hydrogens (tertiary/aromatic N) is 6. The second-order valence-corrected chi connectivity index (χ2v) is 9.03. The molecule has 2 atom stereocenters. The molecule has 0 amide bonds. The van der Waals surface area contributed by atoms with E-state index in [4.69, 9.17) is 20.8 Å². The van der Waals surface area contributed by atoms with Crippen molar-refractivity contribution < 1.29 is 9.15 Å². The van der Waals surface area contributed by atoms with Gasteiger partial charge in [-0.05, 0) is 56.7 Å². The van der Waals surface area contributed by atoms with E-state index in [0.717, 1.165) is 25.9 Å². The fraction of sp³-hybridized carbons (Fsp3) is 0.524. The van der Waals surface area contributed by atoms with Crippen molar-refractivity contribution in [1.82, 2.24) is 25.0 Å². The highest BCUT2D eigenvalue weighted by Gasteiger charge is 2.43. The molecule has 1 aliphatic carbocycles. The maximum Gasteiger partial charge on any atom is 0.322 e. The molecule has 2 fully saturated rings. The van der Waals surface area contributed by atoms with E-state index >= 15 is 0 Å². The van der Waals surface area contributed by atoms with E-state index in [1.165, 1.54) is 0 Å². The predicted molar refractivity (Wildman–Crippen MR) is 117 cm³/mol. The Morgan fingerprint density at radius 2 is 1.97 bits per heavy atom. The number of anilines is 2. The molecule has 31 heavy (non-hydrogen) atoms. The third-order valence-corrected chi connectivity index (χ3v) is 6.24. The van der Waals surface area contributed by atoms with Gasteiger partial charge in [0.05, 0.1) is 6.04 Å². The summed E-state index contributed by atoms with van der Waals surface area (Å²) in [6, 6.07) is 8.77. The van der Waals surface area contributed by atoms with Crippen LogP contribution in [0.5, 0.6) is 11.8 Å². The highest BCUT2D eigenvalue weighted by atomic mass is 35.5. The Balaban J connectivity index is 1.32. The average Bonchev–Trinajstić information content (AvgIpc) is 3.39. The summed E-state index contributed by atoms with van der Waals surface area (Å²) in [6.45, 7) is 7.69. The van der Waals surface area contributed by atoms with Crippen molar-refractivity contribution in [3.63, 3.8) is 0 Å². The van der Waals surface area contributed by atoms with E-state index in [1.807, 2.05) is 25.1 Å². The third kappa shape index (κ3) is 4.06. The Kier molecular flexibility index (Phi) is 5.21. The first kappa shape index (κ1) is 20.1. The van der Waals surface area contributed by atoms with Crippen molar-refractivity contribution in [2.45, 2.75) is 45.7 Å². The summed E-state index contributed by atoms with van der Waals surface area (Å²) >= 11 is 6.09. The van der Waals surface area contributed by atoms with Crippen molar-refractivity contribution >= 4 is 23.6 Å². The molecule has 164 valence electrons. The SMILES string of the molecule is Cc1nnc(N2CC3CCC(C2)C3Nc2nc(Oc3cccc(Cl)c3)n(C(C)C)n2)o1. The quantitative estimate of drug-likeness (QED) is 0.601. The summed E-state index contributed by atoms with van der Waals surface area (Å²) in [5.41, 5.74) is 0. The van der Waals surface area contributed by atoms with Gasteiger partial charge in [0.2, 0.25) is 11.8 Å². The van der Waals surface area contributed by atoms with E-state index in [9.17, 15) is 0 Å². The molecule has 9 nitrogen and oxygen atoms in total. The first-order valence-electron chi connectivity index (χ1n) is 10.7. The van der Waals surface area contributed by atoms with E-state index in [-0.39, 0.29) is 6.04 Å². The maximum absolute atomic E-state index is 6.09. The zero-order valence-electron chi connectivity index (χ0n) is 17.8. The van der Waals surface area contributed by atoms with E-state index in [2.05, 4.69) is 44.3 Å². The van der Waals surface area contributed by atoms with Crippen LogP contribution in [0.15, 0.2) is 28.7 Å². The Bertz CT molecular complexity index is 1050. The van der Waals surface area contributed by atoms with E-state index in [0.29, 0.717) is 52.5 Å². The number of ether oxygens (including phenoxy) is 1. The molecule has 5 rings (SSSR count). The minimum Gasteiger partial charge on any atom is -0.424 e. The second-order valence-electron chi connectivity index (χ2n) is 8.59. The molecule has 0 spiro atoms. The number of benzene rings is 1. The topological polar surface area (TPSA) is 94.1 Å². The number of aromatic nitrogens is 5. The van der Waals surface area contributed by atoms with Crippen molar-refractivity contribution in [2.75, 3.05) is 23.3 Å². The van der Waals surface area contributed by atoms with Gasteiger partial charge in [0.1, 0.15) is 5.75 Å². The molecule has 1 saturated heterocycles. The highest BCUT2D eigenvalue weighted by molar-refractivity contribution is 6.30. The van der Waals surface area contributed by atoms with Crippen molar-refractivity contribution in [2.24, 2.45) is 11.8 Å². The molecule has 10 heteroatoms. The van der Waals surface area contributed by atoms with Gasteiger partial charge in [-0.1, -0.05) is 22.8 Å². The van der Waals surface area contributed by atoms with Crippen LogP contribution in [-0.4, -0.2) is 44.1 Å². The molecular formula is C21H26ClN7O2. The Hall–Kier alpha value is -2.81. The lowest BCUT2D eigenvalue weighted by atomic mass is 9.92. The van der Waals surface area contributed by atoms with Gasteiger partial charge in [-0.3, -0.25) is 0 Å². The van der Waals surface area contributed by atoms with Crippen LogP contribution in [0.25, 0.3) is 0 Å². The van der Waals surface area contributed by atoms with Crippen LogP contribution >= 0.6 is 11.6 Å². The van der Waals surface area contributed by atoms with Gasteiger partial charge >= 0.3 is 12.0 Å². The first-order chi connectivity index (χ1) is 15.0. The molecule has 3 heterocycles. The van der Waals surface area contributed by atoms with Gasteiger partial charge in [-0.25, -0.2) is 4.68 Å². The van der Waals surface area contributed by atoms with Crippen LogP contribution in [0.3, 0.4) is 0 Å². The number of nitrogens with one attached hydrogen (secondary N) is 1. The number of fused-ring (bicyclic) bond motifs is 2. The second kappa shape index (κ2) is 8.03. The smallest absolute Gasteiger partial charge is 0.322 e. The van der Waals surface area contributed by atoms with Crippen LogP contribution in [0, 0.1) is 18.8 Å². The highest BCUT2D eigenvalue weighted by Crippen LogP contribution is 2.40. The summed E-state index contributed by atoms with van der Waals surface area (Å²) in [5, 5.41) is 17.0. The average molecular weight is 444 g/mol. The molecule has 1 N–H and O–H groups in total. The Labute approximate surface area is 185 Å². The van der Waals surface area contributed by atoms with Crippen LogP contribution in [-0.2, 0) is 0 Å². The number of aryl methyl sites for hydroxylation is 1. The van der Waals surface area contributed by atoms with Gasteiger partial charge in [0.25, 0.3) is 0 Å². The van der Waals surface area contributed by atoms with Crippen LogP contribution in [0.4, 0.5) is 12.0 Å². The lowest BCUT2D eigenvalue weighted by Gasteiger charge is -2.37. The number of hydrogen-bond acceptors (Lipinski definition) is 8. The molecule has 1 aliphatic heterocycles. The summed E-state index contributed by atoms with van der Waals surface area (Å²) in [5.74, 6) is 2.76. The monoisotopic (exact) mass is 443 g/mol. The van der Waals surface area contributed by atoms with Crippen LogP contribution in [0.1, 0.15) is 38.6 Å². The van der Waals surface area contributed by atoms with Gasteiger partial charge in [-0.15, -0.1) is 10.2 Å². The molecule has 2 aliphatic rings. The fourth-order valence-corrected chi connectivity index (χ4v) is 4.77. The van der Waals surface area contributed by atoms with Crippen LogP contribution < -0.4 is 15.0 Å². The van der Waals surface area contributed by atoms with Gasteiger partial charge in [0, 0.05) is 31.1 Å².